The van der Waals surface area contributed by atoms with Crippen LogP contribution in [0.4, 0.5) is 14.5 Å². The van der Waals surface area contributed by atoms with Crippen molar-refractivity contribution in [3.8, 4) is 5.75 Å². The number of halogens is 2. The molecule has 4 nitrogen and oxygen atoms in total. The van der Waals surface area contributed by atoms with E-state index >= 15 is 0 Å². The molecule has 0 saturated heterocycles. The number of carbonyl (C=O) groups is 1. The van der Waals surface area contributed by atoms with E-state index < -0.39 is 17.5 Å². The van der Waals surface area contributed by atoms with Gasteiger partial charge in [-0.25, -0.2) is 8.78 Å². The molecule has 110 valence electrons. The summed E-state index contributed by atoms with van der Waals surface area (Å²) in [5.41, 5.74) is 5.82. The van der Waals surface area contributed by atoms with Crippen LogP contribution in [-0.2, 0) is 0 Å². The molecule has 0 fully saturated rings. The fourth-order valence-electron chi connectivity index (χ4n) is 1.71. The van der Waals surface area contributed by atoms with Crippen LogP contribution >= 0.6 is 0 Å². The number of anilines is 1. The van der Waals surface area contributed by atoms with E-state index in [2.05, 4.69) is 5.32 Å². The van der Waals surface area contributed by atoms with Crippen molar-refractivity contribution in [2.24, 2.45) is 0 Å². The summed E-state index contributed by atoms with van der Waals surface area (Å²) in [6, 6.07) is 10.3. The Hall–Kier alpha value is -2.63. The molecular weight excluding hydrogens is 278 g/mol. The average Bonchev–Trinajstić information content (AvgIpc) is 2.46. The molecule has 21 heavy (non-hydrogen) atoms. The highest BCUT2D eigenvalue weighted by atomic mass is 19.2. The van der Waals surface area contributed by atoms with Crippen molar-refractivity contribution in [1.82, 2.24) is 5.32 Å². The number of carbonyl (C=O) groups excluding carboxylic acids is 1. The first-order chi connectivity index (χ1) is 10.1. The molecule has 0 radical (unpaired) electrons. The molecule has 0 atom stereocenters. The van der Waals surface area contributed by atoms with Crippen molar-refractivity contribution in [1.29, 1.82) is 0 Å². The van der Waals surface area contributed by atoms with Gasteiger partial charge in [-0.2, -0.15) is 0 Å². The predicted molar refractivity (Wildman–Crippen MR) is 75.0 cm³/mol. The van der Waals surface area contributed by atoms with Crippen LogP contribution in [0.3, 0.4) is 0 Å². The van der Waals surface area contributed by atoms with Gasteiger partial charge >= 0.3 is 0 Å². The van der Waals surface area contributed by atoms with Crippen LogP contribution in [0.2, 0.25) is 0 Å². The van der Waals surface area contributed by atoms with Crippen molar-refractivity contribution in [3.63, 3.8) is 0 Å². The zero-order valence-corrected chi connectivity index (χ0v) is 11.1. The van der Waals surface area contributed by atoms with Gasteiger partial charge in [0.1, 0.15) is 12.4 Å². The Labute approximate surface area is 120 Å². The lowest BCUT2D eigenvalue weighted by molar-refractivity contribution is 0.0942. The number of nitrogens with one attached hydrogen (secondary N) is 1. The first kappa shape index (κ1) is 14.8. The molecule has 0 aliphatic heterocycles. The third-order valence-corrected chi connectivity index (χ3v) is 2.71. The standard InChI is InChI=1S/C15H14F2N2O2/c16-13-6-2-5-12(14(13)17)15(20)19-7-8-21-11-4-1-3-10(18)9-11/h1-6,9H,7-8,18H2,(H,19,20). The highest BCUT2D eigenvalue weighted by molar-refractivity contribution is 5.94. The van der Waals surface area contributed by atoms with E-state index in [1.54, 1.807) is 24.3 Å². The molecule has 0 aliphatic rings. The lowest BCUT2D eigenvalue weighted by atomic mass is 10.2. The zero-order valence-electron chi connectivity index (χ0n) is 11.1. The second-order valence-corrected chi connectivity index (χ2v) is 4.28. The number of nitrogens with two attached hydrogens (primary N) is 1. The van der Waals surface area contributed by atoms with Crippen molar-refractivity contribution in [3.05, 3.63) is 59.7 Å². The van der Waals surface area contributed by atoms with Crippen LogP contribution in [0.25, 0.3) is 0 Å². The highest BCUT2D eigenvalue weighted by Crippen LogP contribution is 2.14. The van der Waals surface area contributed by atoms with Crippen molar-refractivity contribution >= 4 is 11.6 Å². The van der Waals surface area contributed by atoms with E-state index in [0.29, 0.717) is 11.4 Å². The van der Waals surface area contributed by atoms with Crippen LogP contribution in [0.5, 0.6) is 5.75 Å². The van der Waals surface area contributed by atoms with Gasteiger partial charge in [0.25, 0.3) is 5.91 Å². The van der Waals surface area contributed by atoms with Crippen molar-refractivity contribution in [2.45, 2.75) is 0 Å². The van der Waals surface area contributed by atoms with E-state index in [1.807, 2.05) is 0 Å². The van der Waals surface area contributed by atoms with Gasteiger partial charge in [0.15, 0.2) is 11.6 Å². The molecule has 0 unspecified atom stereocenters. The van der Waals surface area contributed by atoms with Crippen LogP contribution in [-0.4, -0.2) is 19.1 Å². The van der Waals surface area contributed by atoms with Crippen LogP contribution in [0.15, 0.2) is 42.5 Å². The van der Waals surface area contributed by atoms with Crippen molar-refractivity contribution in [2.75, 3.05) is 18.9 Å². The topological polar surface area (TPSA) is 64.3 Å². The van der Waals surface area contributed by atoms with Crippen LogP contribution < -0.4 is 15.8 Å². The second kappa shape index (κ2) is 6.69. The molecule has 0 spiro atoms. The van der Waals surface area contributed by atoms with Gasteiger partial charge in [0, 0.05) is 11.8 Å². The molecule has 0 bridgehead atoms. The summed E-state index contributed by atoms with van der Waals surface area (Å²) in [6.45, 7) is 0.343. The minimum atomic E-state index is -1.16. The summed E-state index contributed by atoms with van der Waals surface area (Å²) in [6.07, 6.45) is 0. The Morgan fingerprint density at radius 2 is 1.95 bits per heavy atom. The minimum absolute atomic E-state index is 0.156. The molecule has 3 N–H and O–H groups in total. The summed E-state index contributed by atoms with van der Waals surface area (Å²) in [5, 5.41) is 2.45. The van der Waals surface area contributed by atoms with E-state index in [1.165, 1.54) is 12.1 Å². The molecule has 0 saturated carbocycles. The Morgan fingerprint density at radius 1 is 1.19 bits per heavy atom. The first-order valence-corrected chi connectivity index (χ1v) is 6.28. The van der Waals surface area contributed by atoms with Gasteiger partial charge in [-0.15, -0.1) is 0 Å². The predicted octanol–water partition coefficient (Wildman–Crippen LogP) is 2.36. The quantitative estimate of drug-likeness (QED) is 0.657. The lowest BCUT2D eigenvalue weighted by Crippen LogP contribution is -2.29. The summed E-state index contributed by atoms with van der Waals surface area (Å²) >= 11 is 0. The number of amides is 1. The number of ether oxygens (including phenoxy) is 1. The third kappa shape index (κ3) is 3.92. The summed E-state index contributed by atoms with van der Waals surface area (Å²) in [5.74, 6) is -2.34. The van der Waals surface area contributed by atoms with Crippen LogP contribution in [0.1, 0.15) is 10.4 Å². The maximum absolute atomic E-state index is 13.4. The van der Waals surface area contributed by atoms with Gasteiger partial charge in [0.05, 0.1) is 12.1 Å². The largest absolute Gasteiger partial charge is 0.492 e. The molecular formula is C15H14F2N2O2. The molecule has 2 aromatic carbocycles. The second-order valence-electron chi connectivity index (χ2n) is 4.28. The molecule has 6 heteroatoms. The number of benzene rings is 2. The van der Waals surface area contributed by atoms with Crippen LogP contribution in [0, 0.1) is 11.6 Å². The summed E-state index contributed by atoms with van der Waals surface area (Å²) in [7, 11) is 0. The Bertz CT molecular complexity index is 647. The van der Waals surface area contributed by atoms with E-state index in [9.17, 15) is 13.6 Å². The Balaban J connectivity index is 1.83. The van der Waals surface area contributed by atoms with Gasteiger partial charge in [0.2, 0.25) is 0 Å². The van der Waals surface area contributed by atoms with E-state index in [4.69, 9.17) is 10.5 Å². The fourth-order valence-corrected chi connectivity index (χ4v) is 1.71. The smallest absolute Gasteiger partial charge is 0.254 e. The lowest BCUT2D eigenvalue weighted by Gasteiger charge is -2.08. The van der Waals surface area contributed by atoms with Gasteiger partial charge < -0.3 is 15.8 Å². The molecule has 2 aromatic rings. The first-order valence-electron chi connectivity index (χ1n) is 6.28. The number of rotatable bonds is 5. The molecule has 2 rings (SSSR count). The normalized spacial score (nSPS) is 10.2. The summed E-state index contributed by atoms with van der Waals surface area (Å²) < 4.78 is 31.7. The molecule has 0 heterocycles. The minimum Gasteiger partial charge on any atom is -0.492 e. The third-order valence-electron chi connectivity index (χ3n) is 2.71. The SMILES string of the molecule is Nc1cccc(OCCNC(=O)c2cccc(F)c2F)c1. The van der Waals surface area contributed by atoms with Gasteiger partial charge in [-0.3, -0.25) is 4.79 Å². The van der Waals surface area contributed by atoms with Gasteiger partial charge in [-0.05, 0) is 24.3 Å². The number of nitrogen functional groups attached to an aromatic ring is 1. The number of hydrogen-bond acceptors (Lipinski definition) is 3. The molecule has 0 aromatic heterocycles. The Morgan fingerprint density at radius 3 is 2.71 bits per heavy atom. The fraction of sp³-hybridized carbons (Fsp3) is 0.133. The molecule has 0 aliphatic carbocycles. The van der Waals surface area contributed by atoms with E-state index in [-0.39, 0.29) is 18.7 Å². The Kier molecular flexibility index (Phi) is 4.71. The van der Waals surface area contributed by atoms with Crippen molar-refractivity contribution < 1.29 is 18.3 Å². The van der Waals surface area contributed by atoms with Gasteiger partial charge in [-0.1, -0.05) is 12.1 Å². The molecule has 1 amide bonds. The zero-order chi connectivity index (χ0) is 15.2. The highest BCUT2D eigenvalue weighted by Gasteiger charge is 2.14. The average molecular weight is 292 g/mol. The number of hydrogen-bond donors (Lipinski definition) is 2. The maximum atomic E-state index is 13.4. The van der Waals surface area contributed by atoms with E-state index in [0.717, 1.165) is 6.07 Å². The summed E-state index contributed by atoms with van der Waals surface area (Å²) in [4.78, 5) is 11.7. The monoisotopic (exact) mass is 292 g/mol. The maximum Gasteiger partial charge on any atom is 0.254 e.